The van der Waals surface area contributed by atoms with Crippen LogP contribution < -0.4 is 5.32 Å². The summed E-state index contributed by atoms with van der Waals surface area (Å²) in [4.78, 5) is 10.3. The Bertz CT molecular complexity index is 344. The van der Waals surface area contributed by atoms with E-state index in [1.165, 1.54) is 18.2 Å². The molecule has 0 aliphatic rings. The molecule has 5 heteroatoms. The number of halogens is 3. The Hall–Kier alpha value is -0.800. The Kier molecular flexibility index (Phi) is 4.17. The number of amides is 1. The van der Waals surface area contributed by atoms with Crippen LogP contribution in [-0.2, 0) is 6.42 Å². The number of benzene rings is 1. The topological polar surface area (TPSA) is 29.1 Å². The van der Waals surface area contributed by atoms with E-state index < -0.39 is 5.37 Å². The van der Waals surface area contributed by atoms with E-state index in [0.29, 0.717) is 23.6 Å². The highest BCUT2D eigenvalue weighted by atomic mass is 35.5. The predicted molar refractivity (Wildman–Crippen MR) is 54.4 cm³/mol. The lowest BCUT2D eigenvalue weighted by Gasteiger charge is -2.03. The molecule has 0 aliphatic carbocycles. The van der Waals surface area contributed by atoms with Gasteiger partial charge in [0, 0.05) is 11.6 Å². The molecule has 0 radical (unpaired) electrons. The molecule has 0 aliphatic heterocycles. The second-order valence-electron chi connectivity index (χ2n) is 2.69. The fourth-order valence-electron chi connectivity index (χ4n) is 1.03. The van der Waals surface area contributed by atoms with Crippen molar-refractivity contribution < 1.29 is 9.18 Å². The van der Waals surface area contributed by atoms with E-state index in [1.807, 2.05) is 0 Å². The monoisotopic (exact) mass is 235 g/mol. The molecule has 1 N–H and O–H groups in total. The lowest BCUT2D eigenvalue weighted by Crippen LogP contribution is -2.19. The Morgan fingerprint density at radius 1 is 1.50 bits per heavy atom. The molecule has 1 rings (SSSR count). The molecular weight excluding hydrogens is 228 g/mol. The molecule has 0 spiro atoms. The molecule has 0 saturated carbocycles. The highest BCUT2D eigenvalue weighted by Crippen LogP contribution is 2.14. The van der Waals surface area contributed by atoms with Gasteiger partial charge in [0.05, 0.1) is 0 Å². The van der Waals surface area contributed by atoms with Gasteiger partial charge in [0.1, 0.15) is 5.82 Å². The van der Waals surface area contributed by atoms with E-state index in [-0.39, 0.29) is 5.82 Å². The first-order valence-electron chi connectivity index (χ1n) is 3.97. The third-order valence-electron chi connectivity index (χ3n) is 1.67. The van der Waals surface area contributed by atoms with Crippen molar-refractivity contribution in [1.29, 1.82) is 0 Å². The largest absolute Gasteiger partial charge is 0.342 e. The summed E-state index contributed by atoms with van der Waals surface area (Å²) in [5.74, 6) is -0.335. The number of hydrogen-bond acceptors (Lipinski definition) is 1. The van der Waals surface area contributed by atoms with Crippen LogP contribution in [-0.4, -0.2) is 11.9 Å². The van der Waals surface area contributed by atoms with Gasteiger partial charge in [-0.1, -0.05) is 11.6 Å². The molecule has 0 saturated heterocycles. The van der Waals surface area contributed by atoms with Gasteiger partial charge in [-0.2, -0.15) is 0 Å². The van der Waals surface area contributed by atoms with Crippen molar-refractivity contribution in [2.24, 2.45) is 0 Å². The minimum Gasteiger partial charge on any atom is -0.342 e. The number of hydrogen-bond donors (Lipinski definition) is 1. The van der Waals surface area contributed by atoms with Crippen molar-refractivity contribution in [1.82, 2.24) is 5.32 Å². The highest BCUT2D eigenvalue weighted by Gasteiger charge is 2.03. The lowest BCUT2D eigenvalue weighted by atomic mass is 10.1. The second-order valence-corrected chi connectivity index (χ2v) is 3.47. The van der Waals surface area contributed by atoms with Gasteiger partial charge in [-0.05, 0) is 41.8 Å². The number of nitrogens with one attached hydrogen (secondary N) is 1. The maximum atomic E-state index is 13.1. The average Bonchev–Trinajstić information content (AvgIpc) is 2.10. The first kappa shape index (κ1) is 11.3. The molecule has 0 aromatic heterocycles. The maximum Gasteiger partial charge on any atom is 0.313 e. The van der Waals surface area contributed by atoms with Gasteiger partial charge in [-0.3, -0.25) is 4.79 Å². The number of rotatable bonds is 3. The van der Waals surface area contributed by atoms with Crippen LogP contribution in [0.5, 0.6) is 0 Å². The molecule has 0 bridgehead atoms. The van der Waals surface area contributed by atoms with Crippen LogP contribution in [0.3, 0.4) is 0 Å². The molecule has 0 fully saturated rings. The van der Waals surface area contributed by atoms with Crippen LogP contribution in [0.2, 0.25) is 5.02 Å². The van der Waals surface area contributed by atoms with E-state index in [4.69, 9.17) is 23.2 Å². The first-order chi connectivity index (χ1) is 6.59. The van der Waals surface area contributed by atoms with E-state index in [1.54, 1.807) is 0 Å². The summed E-state index contributed by atoms with van der Waals surface area (Å²) >= 11 is 10.7. The molecule has 1 aromatic carbocycles. The summed E-state index contributed by atoms with van der Waals surface area (Å²) in [6, 6.07) is 4.29. The molecule has 1 amide bonds. The number of carbonyl (C=O) groups excluding carboxylic acids is 1. The fourth-order valence-corrected chi connectivity index (χ4v) is 1.32. The molecule has 14 heavy (non-hydrogen) atoms. The van der Waals surface area contributed by atoms with E-state index in [2.05, 4.69) is 5.32 Å². The number of carbonyl (C=O) groups is 1. The van der Waals surface area contributed by atoms with Crippen molar-refractivity contribution in [3.05, 3.63) is 34.6 Å². The van der Waals surface area contributed by atoms with Crippen LogP contribution in [0.1, 0.15) is 5.56 Å². The van der Waals surface area contributed by atoms with Crippen LogP contribution in [0.4, 0.5) is 9.18 Å². The minimum atomic E-state index is -0.646. The Balaban J connectivity index is 2.57. The molecule has 0 heterocycles. The Labute approximate surface area is 91.0 Å². The van der Waals surface area contributed by atoms with Gasteiger partial charge in [-0.25, -0.2) is 4.39 Å². The van der Waals surface area contributed by atoms with Gasteiger partial charge in [0.25, 0.3) is 0 Å². The Morgan fingerprint density at radius 2 is 2.21 bits per heavy atom. The van der Waals surface area contributed by atoms with Crippen LogP contribution in [0, 0.1) is 5.82 Å². The zero-order chi connectivity index (χ0) is 10.6. The van der Waals surface area contributed by atoms with E-state index >= 15 is 0 Å². The molecule has 76 valence electrons. The first-order valence-corrected chi connectivity index (χ1v) is 4.72. The smallest absolute Gasteiger partial charge is 0.313 e. The van der Waals surface area contributed by atoms with Crippen LogP contribution in [0.25, 0.3) is 0 Å². The van der Waals surface area contributed by atoms with Crippen molar-refractivity contribution in [3.63, 3.8) is 0 Å². The third-order valence-corrected chi connectivity index (χ3v) is 2.03. The maximum absolute atomic E-state index is 13.1. The Morgan fingerprint density at radius 3 is 2.86 bits per heavy atom. The zero-order valence-electron chi connectivity index (χ0n) is 7.19. The quantitative estimate of drug-likeness (QED) is 0.634. The van der Waals surface area contributed by atoms with Gasteiger partial charge < -0.3 is 5.32 Å². The van der Waals surface area contributed by atoms with Crippen molar-refractivity contribution in [2.75, 3.05) is 6.54 Å². The molecule has 1 aromatic rings. The summed E-state index contributed by atoms with van der Waals surface area (Å²) < 4.78 is 13.1. The predicted octanol–water partition coefficient (Wildman–Crippen LogP) is 2.97. The molecule has 2 nitrogen and oxygen atoms in total. The third kappa shape index (κ3) is 3.52. The van der Waals surface area contributed by atoms with Gasteiger partial charge in [0.15, 0.2) is 0 Å². The lowest BCUT2D eigenvalue weighted by molar-refractivity contribution is 0.260. The van der Waals surface area contributed by atoms with Crippen LogP contribution in [0.15, 0.2) is 18.2 Å². The van der Waals surface area contributed by atoms with E-state index in [0.717, 1.165) is 0 Å². The highest BCUT2D eigenvalue weighted by molar-refractivity contribution is 6.62. The van der Waals surface area contributed by atoms with Crippen LogP contribution >= 0.6 is 23.2 Å². The van der Waals surface area contributed by atoms with Crippen molar-refractivity contribution >= 4 is 28.6 Å². The van der Waals surface area contributed by atoms with Gasteiger partial charge in [-0.15, -0.1) is 0 Å². The molecular formula is C9H8Cl2FNO. The summed E-state index contributed by atoms with van der Waals surface area (Å²) in [6.45, 7) is 0.291. The van der Waals surface area contributed by atoms with Crippen molar-refractivity contribution in [3.8, 4) is 0 Å². The fraction of sp³-hybridized carbons (Fsp3) is 0.222. The molecule has 0 atom stereocenters. The SMILES string of the molecule is O=C(Cl)NCCc1cc(Cl)ccc1F. The standard InChI is InChI=1S/C9H8Cl2FNO/c10-7-1-2-8(12)6(5-7)3-4-13-9(11)14/h1-2,5H,3-4H2,(H,13,14). The van der Waals surface area contributed by atoms with Crippen molar-refractivity contribution in [2.45, 2.75) is 6.42 Å². The van der Waals surface area contributed by atoms with Gasteiger partial charge in [0.2, 0.25) is 0 Å². The normalized spacial score (nSPS) is 9.93. The zero-order valence-corrected chi connectivity index (χ0v) is 8.70. The second kappa shape index (κ2) is 5.17. The minimum absolute atomic E-state index is 0.291. The molecule has 0 unspecified atom stereocenters. The van der Waals surface area contributed by atoms with E-state index in [9.17, 15) is 9.18 Å². The average molecular weight is 236 g/mol. The summed E-state index contributed by atoms with van der Waals surface area (Å²) in [5, 5.41) is 2.18. The summed E-state index contributed by atoms with van der Waals surface area (Å²) in [5.41, 5.74) is 0.461. The van der Waals surface area contributed by atoms with Gasteiger partial charge >= 0.3 is 5.37 Å². The summed E-state index contributed by atoms with van der Waals surface area (Å²) in [6.07, 6.45) is 0.366. The summed E-state index contributed by atoms with van der Waals surface area (Å²) in [7, 11) is 0.